The molecule has 21 heavy (non-hydrogen) atoms. The Hall–Kier alpha value is -1.75. The number of hydrogen-bond acceptors (Lipinski definition) is 3. The largest absolute Gasteiger partial charge is 0.465 e. The quantitative estimate of drug-likeness (QED) is 0.663. The van der Waals surface area contributed by atoms with Gasteiger partial charge < -0.3 is 10.2 Å². The second-order valence-electron chi connectivity index (χ2n) is 5.27. The summed E-state index contributed by atoms with van der Waals surface area (Å²) < 4.78 is 5.21. The Morgan fingerprint density at radius 3 is 2.71 bits per heavy atom. The highest BCUT2D eigenvalue weighted by molar-refractivity contribution is 6.05. The summed E-state index contributed by atoms with van der Waals surface area (Å²) in [5, 5.41) is 2.56. The van der Waals surface area contributed by atoms with Crippen molar-refractivity contribution in [3.63, 3.8) is 0 Å². The van der Waals surface area contributed by atoms with E-state index >= 15 is 0 Å². The first-order valence-electron chi connectivity index (χ1n) is 6.99. The second-order valence-corrected chi connectivity index (χ2v) is 5.27. The molecule has 1 heterocycles. The number of nitrogens with one attached hydrogen (secondary N) is 1. The summed E-state index contributed by atoms with van der Waals surface area (Å²) in [6.45, 7) is 2.26. The predicted octanol–water partition coefficient (Wildman–Crippen LogP) is 3.36. The van der Waals surface area contributed by atoms with E-state index in [0.29, 0.717) is 11.6 Å². The molecule has 1 aliphatic carbocycles. The Kier molecular flexibility index (Phi) is 7.02. The number of carbonyl (C=O) groups is 1. The summed E-state index contributed by atoms with van der Waals surface area (Å²) in [6.07, 6.45) is 9.56. The van der Waals surface area contributed by atoms with Gasteiger partial charge in [-0.05, 0) is 55.9 Å². The molecular weight excluding hydrogens is 290 g/mol. The Labute approximate surface area is 131 Å². The number of nitrogens with zero attached hydrogens (tertiary/aromatic N) is 1. The van der Waals surface area contributed by atoms with Gasteiger partial charge in [0.1, 0.15) is 11.6 Å². The van der Waals surface area contributed by atoms with Gasteiger partial charge >= 0.3 is 6.03 Å². The van der Waals surface area contributed by atoms with Crippen LogP contribution < -0.4 is 11.1 Å². The SMILES string of the molecule is CC1CCC(N=C(C=Cc2ccco2)NC(N)=O)CC1.Cl. The van der Waals surface area contributed by atoms with Crippen molar-refractivity contribution >= 4 is 30.3 Å². The summed E-state index contributed by atoms with van der Waals surface area (Å²) in [5.41, 5.74) is 5.18. The number of amides is 2. The van der Waals surface area contributed by atoms with E-state index < -0.39 is 6.03 Å². The molecule has 2 amide bonds. The third-order valence-corrected chi connectivity index (χ3v) is 3.51. The first kappa shape index (κ1) is 17.3. The first-order chi connectivity index (χ1) is 9.63. The molecule has 0 atom stereocenters. The van der Waals surface area contributed by atoms with Crippen molar-refractivity contribution in [2.75, 3.05) is 0 Å². The normalized spacial score (nSPS) is 22.8. The molecule has 116 valence electrons. The van der Waals surface area contributed by atoms with Gasteiger partial charge in [0.25, 0.3) is 0 Å². The molecule has 5 nitrogen and oxygen atoms in total. The van der Waals surface area contributed by atoms with Crippen LogP contribution in [0.5, 0.6) is 0 Å². The Morgan fingerprint density at radius 1 is 1.43 bits per heavy atom. The maximum Gasteiger partial charge on any atom is 0.317 e. The van der Waals surface area contributed by atoms with Crippen molar-refractivity contribution in [3.05, 3.63) is 30.2 Å². The molecule has 1 aromatic heterocycles. The lowest BCUT2D eigenvalue weighted by Gasteiger charge is -2.23. The Balaban J connectivity index is 0.00000220. The second kappa shape index (κ2) is 8.52. The van der Waals surface area contributed by atoms with E-state index in [1.54, 1.807) is 24.5 Å². The number of urea groups is 1. The number of amidine groups is 1. The molecule has 3 N–H and O–H groups in total. The summed E-state index contributed by atoms with van der Waals surface area (Å²) in [4.78, 5) is 15.6. The van der Waals surface area contributed by atoms with E-state index in [0.717, 1.165) is 18.8 Å². The smallest absolute Gasteiger partial charge is 0.317 e. The number of carbonyl (C=O) groups excluding carboxylic acids is 1. The number of halogens is 1. The molecule has 0 unspecified atom stereocenters. The molecular formula is C15H22ClN3O2. The number of primary amides is 1. The summed E-state index contributed by atoms with van der Waals surface area (Å²) in [6, 6.07) is 3.30. The van der Waals surface area contributed by atoms with Gasteiger partial charge in [-0.2, -0.15) is 0 Å². The highest BCUT2D eigenvalue weighted by Crippen LogP contribution is 2.25. The van der Waals surface area contributed by atoms with Crippen LogP contribution >= 0.6 is 12.4 Å². The number of nitrogens with two attached hydrogens (primary N) is 1. The number of rotatable bonds is 3. The van der Waals surface area contributed by atoms with Crippen LogP contribution in [0, 0.1) is 5.92 Å². The molecule has 1 fully saturated rings. The molecule has 0 saturated heterocycles. The average Bonchev–Trinajstić information content (AvgIpc) is 2.91. The van der Waals surface area contributed by atoms with E-state index in [1.807, 2.05) is 6.07 Å². The van der Waals surface area contributed by atoms with Gasteiger partial charge in [0.15, 0.2) is 0 Å². The zero-order valence-electron chi connectivity index (χ0n) is 12.1. The van der Waals surface area contributed by atoms with Crippen molar-refractivity contribution in [1.82, 2.24) is 5.32 Å². The number of hydrogen-bond donors (Lipinski definition) is 2. The first-order valence-corrected chi connectivity index (χ1v) is 6.99. The van der Waals surface area contributed by atoms with Gasteiger partial charge in [-0.3, -0.25) is 10.3 Å². The van der Waals surface area contributed by atoms with Crippen LogP contribution in [0.3, 0.4) is 0 Å². The molecule has 0 spiro atoms. The fraction of sp³-hybridized carbons (Fsp3) is 0.467. The predicted molar refractivity (Wildman–Crippen MR) is 86.6 cm³/mol. The molecule has 0 bridgehead atoms. The summed E-state index contributed by atoms with van der Waals surface area (Å²) in [7, 11) is 0. The van der Waals surface area contributed by atoms with Gasteiger partial charge in [-0.1, -0.05) is 6.92 Å². The average molecular weight is 312 g/mol. The minimum absolute atomic E-state index is 0. The van der Waals surface area contributed by atoms with Crippen LogP contribution in [0.2, 0.25) is 0 Å². The van der Waals surface area contributed by atoms with Gasteiger partial charge in [0, 0.05) is 0 Å². The molecule has 0 aliphatic heterocycles. The lowest BCUT2D eigenvalue weighted by atomic mass is 9.88. The maximum absolute atomic E-state index is 11.0. The third-order valence-electron chi connectivity index (χ3n) is 3.51. The van der Waals surface area contributed by atoms with Crippen LogP contribution in [-0.4, -0.2) is 17.9 Å². The molecule has 1 aliphatic rings. The van der Waals surface area contributed by atoms with Crippen LogP contribution in [0.15, 0.2) is 33.9 Å². The van der Waals surface area contributed by atoms with Gasteiger partial charge in [-0.25, -0.2) is 4.79 Å². The zero-order chi connectivity index (χ0) is 14.4. The Morgan fingerprint density at radius 2 is 2.14 bits per heavy atom. The van der Waals surface area contributed by atoms with Crippen molar-refractivity contribution < 1.29 is 9.21 Å². The van der Waals surface area contributed by atoms with Gasteiger partial charge in [0.05, 0.1) is 12.3 Å². The molecule has 0 aromatic carbocycles. The monoisotopic (exact) mass is 311 g/mol. The van der Waals surface area contributed by atoms with Crippen LogP contribution in [-0.2, 0) is 0 Å². The van der Waals surface area contributed by atoms with E-state index in [4.69, 9.17) is 10.2 Å². The van der Waals surface area contributed by atoms with Crippen molar-refractivity contribution in [2.45, 2.75) is 38.6 Å². The van der Waals surface area contributed by atoms with Crippen molar-refractivity contribution in [2.24, 2.45) is 16.6 Å². The fourth-order valence-corrected chi connectivity index (χ4v) is 2.36. The van der Waals surface area contributed by atoms with E-state index in [1.165, 1.54) is 12.8 Å². The number of furan rings is 1. The molecule has 1 saturated carbocycles. The van der Waals surface area contributed by atoms with Gasteiger partial charge in [-0.15, -0.1) is 12.4 Å². The molecule has 6 heteroatoms. The fourth-order valence-electron chi connectivity index (χ4n) is 2.36. The highest BCUT2D eigenvalue weighted by atomic mass is 35.5. The van der Waals surface area contributed by atoms with Crippen molar-refractivity contribution in [1.29, 1.82) is 0 Å². The summed E-state index contributed by atoms with van der Waals surface area (Å²) in [5.74, 6) is 1.97. The van der Waals surface area contributed by atoms with Gasteiger partial charge in [0.2, 0.25) is 0 Å². The molecule has 1 aromatic rings. The van der Waals surface area contributed by atoms with E-state index in [-0.39, 0.29) is 18.4 Å². The van der Waals surface area contributed by atoms with Crippen LogP contribution in [0.4, 0.5) is 4.79 Å². The minimum atomic E-state index is -0.600. The van der Waals surface area contributed by atoms with Crippen LogP contribution in [0.1, 0.15) is 38.4 Å². The van der Waals surface area contributed by atoms with Crippen LogP contribution in [0.25, 0.3) is 6.08 Å². The Bertz CT molecular complexity index is 489. The molecule has 0 radical (unpaired) electrons. The van der Waals surface area contributed by atoms with E-state index in [2.05, 4.69) is 17.2 Å². The standard InChI is InChI=1S/C15H21N3O2.ClH/c1-11-4-6-12(7-5-11)17-14(18-15(16)19)9-8-13-3-2-10-20-13;/h2-3,8-12H,4-7H2,1H3,(H3,16,17,18,19);1H. The van der Waals surface area contributed by atoms with E-state index in [9.17, 15) is 4.79 Å². The number of aliphatic imine (C=N–C) groups is 1. The third kappa shape index (κ3) is 6.04. The maximum atomic E-state index is 11.0. The topological polar surface area (TPSA) is 80.6 Å². The lowest BCUT2D eigenvalue weighted by Crippen LogP contribution is -2.35. The van der Waals surface area contributed by atoms with Crippen molar-refractivity contribution in [3.8, 4) is 0 Å². The summed E-state index contributed by atoms with van der Waals surface area (Å²) >= 11 is 0. The minimum Gasteiger partial charge on any atom is -0.465 e. The lowest BCUT2D eigenvalue weighted by molar-refractivity contribution is 0.253. The molecule has 2 rings (SSSR count). The zero-order valence-corrected chi connectivity index (χ0v) is 12.9. The highest BCUT2D eigenvalue weighted by Gasteiger charge is 2.17.